The van der Waals surface area contributed by atoms with Crippen LogP contribution in [0.4, 0.5) is 5.13 Å². The van der Waals surface area contributed by atoms with E-state index in [4.69, 9.17) is 10.5 Å². The molecule has 0 unspecified atom stereocenters. The van der Waals surface area contributed by atoms with Crippen molar-refractivity contribution in [3.05, 3.63) is 47.0 Å². The third-order valence-electron chi connectivity index (χ3n) is 4.60. The third-order valence-corrected chi connectivity index (χ3v) is 5.32. The van der Waals surface area contributed by atoms with E-state index in [1.165, 1.54) is 16.2 Å². The number of carbonyl (C=O) groups is 3. The van der Waals surface area contributed by atoms with Gasteiger partial charge in [0, 0.05) is 38.9 Å². The molecule has 1 aromatic carbocycles. The van der Waals surface area contributed by atoms with E-state index >= 15 is 0 Å². The molecule has 10 heteroatoms. The Morgan fingerprint density at radius 2 is 1.90 bits per heavy atom. The number of nitrogens with one attached hydrogen (secondary N) is 2. The molecule has 0 radical (unpaired) electrons. The summed E-state index contributed by atoms with van der Waals surface area (Å²) in [6.45, 7) is 0.367. The first-order chi connectivity index (χ1) is 14.3. The molecule has 1 aliphatic rings. The number of epoxide rings is 1. The van der Waals surface area contributed by atoms with Crippen molar-refractivity contribution in [2.45, 2.75) is 31.1 Å². The minimum atomic E-state index is -0.895. The zero-order chi connectivity index (χ0) is 21.7. The molecule has 1 saturated heterocycles. The minimum Gasteiger partial charge on any atom is -0.375 e. The second-order valence-corrected chi connectivity index (χ2v) is 8.07. The normalized spacial score (nSPS) is 18.3. The average molecular weight is 432 g/mol. The topological polar surface area (TPSA) is 130 Å². The Morgan fingerprint density at radius 3 is 2.53 bits per heavy atom. The van der Waals surface area contributed by atoms with Gasteiger partial charge in [-0.25, -0.2) is 4.98 Å². The summed E-state index contributed by atoms with van der Waals surface area (Å²) >= 11 is 1.34. The SMILES string of the molecule is CN(C)C(=O)[C@H](Cc1ccccc1)NC(=O)[C@H]1O[C@@H]1C(=O)NCCc1csc(N)n1. The molecular formula is C20H25N5O4S. The number of rotatable bonds is 9. The van der Waals surface area contributed by atoms with Gasteiger partial charge in [0.2, 0.25) is 5.91 Å². The number of ether oxygens (including phenoxy) is 1. The summed E-state index contributed by atoms with van der Waals surface area (Å²) in [5.41, 5.74) is 7.30. The molecule has 160 valence electrons. The van der Waals surface area contributed by atoms with Gasteiger partial charge < -0.3 is 26.0 Å². The van der Waals surface area contributed by atoms with Gasteiger partial charge in [-0.15, -0.1) is 11.3 Å². The second kappa shape index (κ2) is 9.68. The van der Waals surface area contributed by atoms with Gasteiger partial charge in [-0.05, 0) is 5.56 Å². The summed E-state index contributed by atoms with van der Waals surface area (Å²) in [6, 6.07) is 8.68. The smallest absolute Gasteiger partial charge is 0.253 e. The van der Waals surface area contributed by atoms with Crippen LogP contribution in [0.2, 0.25) is 0 Å². The molecule has 0 bridgehead atoms. The molecule has 4 N–H and O–H groups in total. The fourth-order valence-electron chi connectivity index (χ4n) is 2.98. The summed E-state index contributed by atoms with van der Waals surface area (Å²) in [4.78, 5) is 42.8. The van der Waals surface area contributed by atoms with Crippen LogP contribution < -0.4 is 16.4 Å². The number of benzene rings is 1. The summed E-state index contributed by atoms with van der Waals surface area (Å²) < 4.78 is 5.26. The lowest BCUT2D eigenvalue weighted by Gasteiger charge is -2.21. The van der Waals surface area contributed by atoms with Gasteiger partial charge >= 0.3 is 0 Å². The van der Waals surface area contributed by atoms with Crippen molar-refractivity contribution in [2.24, 2.45) is 0 Å². The number of hydrogen-bond acceptors (Lipinski definition) is 7. The van der Waals surface area contributed by atoms with E-state index in [-0.39, 0.29) is 11.8 Å². The molecule has 30 heavy (non-hydrogen) atoms. The van der Waals surface area contributed by atoms with Crippen LogP contribution in [-0.2, 0) is 32.0 Å². The Hall–Kier alpha value is -2.98. The molecule has 9 nitrogen and oxygen atoms in total. The Morgan fingerprint density at radius 1 is 1.20 bits per heavy atom. The van der Waals surface area contributed by atoms with Crippen LogP contribution in [0.5, 0.6) is 0 Å². The molecule has 1 aromatic heterocycles. The van der Waals surface area contributed by atoms with E-state index in [1.54, 1.807) is 14.1 Å². The maximum atomic E-state index is 12.5. The molecule has 3 amide bonds. The van der Waals surface area contributed by atoms with Crippen molar-refractivity contribution in [3.8, 4) is 0 Å². The summed E-state index contributed by atoms with van der Waals surface area (Å²) in [5, 5.41) is 7.76. The van der Waals surface area contributed by atoms with Gasteiger partial charge in [-0.1, -0.05) is 30.3 Å². The van der Waals surface area contributed by atoms with Crippen LogP contribution in [0.15, 0.2) is 35.7 Å². The van der Waals surface area contributed by atoms with Gasteiger partial charge in [0.1, 0.15) is 6.04 Å². The maximum absolute atomic E-state index is 12.5. The van der Waals surface area contributed by atoms with Gasteiger partial charge in [0.15, 0.2) is 17.3 Å². The Bertz CT molecular complexity index is 902. The highest BCUT2D eigenvalue weighted by Gasteiger charge is 2.50. The predicted octanol–water partition coefficient (Wildman–Crippen LogP) is -0.0329. The number of likely N-dealkylation sites (N-methyl/N-ethyl adjacent to an activating group) is 1. The van der Waals surface area contributed by atoms with Gasteiger partial charge in [0.05, 0.1) is 5.69 Å². The van der Waals surface area contributed by atoms with Crippen LogP contribution in [0.25, 0.3) is 0 Å². The monoisotopic (exact) mass is 431 g/mol. The van der Waals surface area contributed by atoms with Crippen molar-refractivity contribution < 1.29 is 19.1 Å². The molecule has 1 fully saturated rings. The summed E-state index contributed by atoms with van der Waals surface area (Å²) in [7, 11) is 3.26. The average Bonchev–Trinajstić information content (AvgIpc) is 3.43. The quantitative estimate of drug-likeness (QED) is 0.478. The first-order valence-electron chi connectivity index (χ1n) is 9.53. The summed E-state index contributed by atoms with van der Waals surface area (Å²) in [6.07, 6.45) is -0.853. The van der Waals surface area contributed by atoms with Crippen molar-refractivity contribution in [3.63, 3.8) is 0 Å². The van der Waals surface area contributed by atoms with Crippen molar-refractivity contribution >= 4 is 34.2 Å². The largest absolute Gasteiger partial charge is 0.375 e. The number of aromatic nitrogens is 1. The van der Waals surface area contributed by atoms with E-state index in [0.717, 1.165) is 11.3 Å². The highest BCUT2D eigenvalue weighted by atomic mass is 32.1. The number of nitrogen functional groups attached to an aromatic ring is 1. The Balaban J connectivity index is 1.49. The van der Waals surface area contributed by atoms with Crippen molar-refractivity contribution in [2.75, 3.05) is 26.4 Å². The van der Waals surface area contributed by atoms with Crippen LogP contribution in [-0.4, -0.2) is 66.5 Å². The van der Waals surface area contributed by atoms with Crippen molar-refractivity contribution in [1.29, 1.82) is 0 Å². The molecule has 1 aliphatic heterocycles. The highest BCUT2D eigenvalue weighted by molar-refractivity contribution is 7.13. The van der Waals surface area contributed by atoms with Crippen molar-refractivity contribution in [1.82, 2.24) is 20.5 Å². The number of hydrogen-bond donors (Lipinski definition) is 3. The number of thiazole rings is 1. The standard InChI is InChI=1S/C20H25N5O4S/c1-25(2)19(28)14(10-12-6-4-3-5-7-12)24-18(27)16-15(29-16)17(26)22-9-8-13-11-30-20(21)23-13/h3-7,11,14-16H,8-10H2,1-2H3,(H2,21,23)(H,22,26)(H,24,27)/t14-,15-,16-/m0/s1. The molecule has 2 aromatic rings. The van der Waals surface area contributed by atoms with Crippen LogP contribution >= 0.6 is 11.3 Å². The fourth-order valence-corrected chi connectivity index (χ4v) is 3.58. The third kappa shape index (κ3) is 5.77. The maximum Gasteiger partial charge on any atom is 0.253 e. The highest BCUT2D eigenvalue weighted by Crippen LogP contribution is 2.23. The molecule has 3 rings (SSSR count). The van der Waals surface area contributed by atoms with Crippen LogP contribution in [0, 0.1) is 0 Å². The van der Waals surface area contributed by atoms with E-state index in [1.807, 2.05) is 35.7 Å². The summed E-state index contributed by atoms with van der Waals surface area (Å²) in [5.74, 6) is -1.06. The first-order valence-corrected chi connectivity index (χ1v) is 10.4. The lowest BCUT2D eigenvalue weighted by atomic mass is 10.0. The zero-order valence-electron chi connectivity index (χ0n) is 16.8. The molecule has 0 spiro atoms. The number of anilines is 1. The molecule has 0 saturated carbocycles. The molecule has 0 aliphatic carbocycles. The molecule has 3 atom stereocenters. The Kier molecular flexibility index (Phi) is 7.01. The Labute approximate surface area is 178 Å². The number of nitrogens with two attached hydrogens (primary N) is 1. The van der Waals surface area contributed by atoms with Crippen LogP contribution in [0.1, 0.15) is 11.3 Å². The number of amides is 3. The fraction of sp³-hybridized carbons (Fsp3) is 0.400. The van der Waals surface area contributed by atoms with E-state index in [0.29, 0.717) is 24.5 Å². The van der Waals surface area contributed by atoms with E-state index in [2.05, 4.69) is 15.6 Å². The first kappa shape index (κ1) is 21.7. The number of nitrogens with zero attached hydrogens (tertiary/aromatic N) is 2. The zero-order valence-corrected chi connectivity index (χ0v) is 17.6. The van der Waals surface area contributed by atoms with Gasteiger partial charge in [-0.3, -0.25) is 14.4 Å². The van der Waals surface area contributed by atoms with E-state index < -0.39 is 24.2 Å². The number of carbonyl (C=O) groups excluding carboxylic acids is 3. The lowest BCUT2D eigenvalue weighted by Crippen LogP contribution is -2.49. The van der Waals surface area contributed by atoms with Gasteiger partial charge in [0.25, 0.3) is 11.8 Å². The minimum absolute atomic E-state index is 0.226. The molecule has 2 heterocycles. The predicted molar refractivity (Wildman–Crippen MR) is 113 cm³/mol. The second-order valence-electron chi connectivity index (χ2n) is 7.18. The van der Waals surface area contributed by atoms with Gasteiger partial charge in [-0.2, -0.15) is 0 Å². The van der Waals surface area contributed by atoms with E-state index in [9.17, 15) is 14.4 Å². The van der Waals surface area contributed by atoms with Crippen LogP contribution in [0.3, 0.4) is 0 Å². The lowest BCUT2D eigenvalue weighted by molar-refractivity contribution is -0.134. The molecular weight excluding hydrogens is 406 g/mol.